The maximum Gasteiger partial charge on any atom is 0.338 e. The van der Waals surface area contributed by atoms with E-state index in [1.54, 1.807) is 6.92 Å². The minimum atomic E-state index is -1.15. The number of anilines is 1. The number of aliphatic carboxylic acids is 1. The molecule has 0 unspecified atom stereocenters. The van der Waals surface area contributed by atoms with Crippen molar-refractivity contribution in [2.75, 3.05) is 18.2 Å². The van der Waals surface area contributed by atoms with Crippen molar-refractivity contribution in [1.82, 2.24) is 0 Å². The van der Waals surface area contributed by atoms with Gasteiger partial charge < -0.3 is 9.84 Å². The van der Waals surface area contributed by atoms with Crippen LogP contribution in [0.2, 0.25) is 0 Å². The average Bonchev–Trinajstić information content (AvgIpc) is 2.28. The predicted molar refractivity (Wildman–Crippen MR) is 59.2 cm³/mol. The first-order valence-electron chi connectivity index (χ1n) is 5.00. The summed E-state index contributed by atoms with van der Waals surface area (Å²) in [5, 5.41) is 18.4. The molecule has 0 radical (unpaired) electrons. The molecule has 1 rings (SSSR count). The fourth-order valence-corrected chi connectivity index (χ4v) is 1.20. The number of carbonyl (C=O) groups excluding carboxylic acids is 1. The smallest absolute Gasteiger partial charge is 0.338 e. The summed E-state index contributed by atoms with van der Waals surface area (Å²) in [6.45, 7) is 1.46. The molecule has 0 saturated carbocycles. The van der Waals surface area contributed by atoms with Gasteiger partial charge in [-0.25, -0.2) is 9.86 Å². The zero-order valence-electron chi connectivity index (χ0n) is 9.29. The van der Waals surface area contributed by atoms with Gasteiger partial charge in [0.15, 0.2) is 0 Å². The molecule has 0 aliphatic heterocycles. The van der Waals surface area contributed by atoms with E-state index in [0.717, 1.165) is 0 Å². The van der Waals surface area contributed by atoms with Crippen LogP contribution >= 0.6 is 0 Å². The van der Waals surface area contributed by atoms with Crippen LogP contribution in [0.4, 0.5) is 5.69 Å². The summed E-state index contributed by atoms with van der Waals surface area (Å²) in [4.78, 5) is 21.7. The zero-order valence-corrected chi connectivity index (χ0v) is 9.29. The Morgan fingerprint density at radius 2 is 1.88 bits per heavy atom. The molecule has 1 aromatic rings. The van der Waals surface area contributed by atoms with Gasteiger partial charge in [0.1, 0.15) is 6.54 Å². The van der Waals surface area contributed by atoms with E-state index in [1.807, 2.05) is 0 Å². The molecule has 0 amide bonds. The molecule has 0 aliphatic rings. The second kappa shape index (κ2) is 5.86. The van der Waals surface area contributed by atoms with Crippen LogP contribution < -0.4 is 5.06 Å². The zero-order chi connectivity index (χ0) is 12.8. The Morgan fingerprint density at radius 1 is 1.29 bits per heavy atom. The van der Waals surface area contributed by atoms with Gasteiger partial charge in [-0.2, -0.15) is 0 Å². The van der Waals surface area contributed by atoms with Gasteiger partial charge in [-0.3, -0.25) is 10.0 Å². The highest BCUT2D eigenvalue weighted by molar-refractivity contribution is 5.89. The van der Waals surface area contributed by atoms with E-state index in [2.05, 4.69) is 0 Å². The number of carboxylic acids is 1. The number of carbonyl (C=O) groups is 2. The number of nitrogens with zero attached hydrogens (tertiary/aromatic N) is 1. The molecule has 0 heterocycles. The third-order valence-corrected chi connectivity index (χ3v) is 1.96. The van der Waals surface area contributed by atoms with Crippen LogP contribution in [-0.2, 0) is 9.53 Å². The quantitative estimate of drug-likeness (QED) is 0.592. The van der Waals surface area contributed by atoms with Crippen LogP contribution in [-0.4, -0.2) is 35.4 Å². The van der Waals surface area contributed by atoms with Gasteiger partial charge in [0.05, 0.1) is 17.9 Å². The van der Waals surface area contributed by atoms with Crippen molar-refractivity contribution >= 4 is 17.6 Å². The van der Waals surface area contributed by atoms with Crippen molar-refractivity contribution in [3.8, 4) is 0 Å². The van der Waals surface area contributed by atoms with Gasteiger partial charge in [-0.05, 0) is 31.2 Å². The summed E-state index contributed by atoms with van der Waals surface area (Å²) in [5.41, 5.74) is 0.639. The average molecular weight is 239 g/mol. The van der Waals surface area contributed by atoms with E-state index >= 15 is 0 Å². The number of rotatable bonds is 5. The first-order valence-corrected chi connectivity index (χ1v) is 5.00. The number of hydrogen-bond acceptors (Lipinski definition) is 5. The Kier molecular flexibility index (Phi) is 4.47. The van der Waals surface area contributed by atoms with E-state index in [9.17, 15) is 14.8 Å². The first-order chi connectivity index (χ1) is 8.04. The Bertz CT molecular complexity index is 401. The van der Waals surface area contributed by atoms with Crippen LogP contribution in [0.1, 0.15) is 17.3 Å². The summed E-state index contributed by atoms with van der Waals surface area (Å²) in [6.07, 6.45) is 0. The molecule has 0 atom stereocenters. The second-order valence-corrected chi connectivity index (χ2v) is 3.22. The Labute approximate surface area is 98.0 Å². The lowest BCUT2D eigenvalue weighted by Gasteiger charge is -2.14. The highest BCUT2D eigenvalue weighted by Crippen LogP contribution is 2.14. The molecular weight excluding hydrogens is 226 g/mol. The predicted octanol–water partition coefficient (Wildman–Crippen LogP) is 1.14. The van der Waals surface area contributed by atoms with E-state index in [-0.39, 0.29) is 6.61 Å². The molecule has 1 aromatic carbocycles. The maximum atomic E-state index is 11.3. The van der Waals surface area contributed by atoms with E-state index in [1.165, 1.54) is 24.3 Å². The molecular formula is C11H13NO5. The van der Waals surface area contributed by atoms with Gasteiger partial charge in [0, 0.05) is 0 Å². The number of carboxylic acid groups (broad SMARTS) is 1. The van der Waals surface area contributed by atoms with E-state index < -0.39 is 18.5 Å². The SMILES string of the molecule is CCOC(=O)c1ccc(N(O)CC(=O)O)cc1. The number of hydroxylamine groups is 1. The van der Waals surface area contributed by atoms with Crippen molar-refractivity contribution in [3.05, 3.63) is 29.8 Å². The van der Waals surface area contributed by atoms with Crippen LogP contribution in [0.5, 0.6) is 0 Å². The Morgan fingerprint density at radius 3 is 2.35 bits per heavy atom. The molecule has 0 bridgehead atoms. The molecule has 0 fully saturated rings. The van der Waals surface area contributed by atoms with Crippen LogP contribution in [0.25, 0.3) is 0 Å². The molecule has 92 valence electrons. The van der Waals surface area contributed by atoms with Crippen molar-refractivity contribution in [3.63, 3.8) is 0 Å². The molecule has 17 heavy (non-hydrogen) atoms. The number of benzene rings is 1. The van der Waals surface area contributed by atoms with Crippen LogP contribution in [0, 0.1) is 0 Å². The van der Waals surface area contributed by atoms with Crippen molar-refractivity contribution in [1.29, 1.82) is 0 Å². The largest absolute Gasteiger partial charge is 0.480 e. The summed E-state index contributed by atoms with van der Waals surface area (Å²) in [7, 11) is 0. The minimum absolute atomic E-state index is 0.283. The van der Waals surface area contributed by atoms with Gasteiger partial charge in [-0.15, -0.1) is 0 Å². The highest BCUT2D eigenvalue weighted by Gasteiger charge is 2.10. The summed E-state index contributed by atoms with van der Waals surface area (Å²) in [5.74, 6) is -1.61. The lowest BCUT2D eigenvalue weighted by molar-refractivity contribution is -0.136. The highest BCUT2D eigenvalue weighted by atomic mass is 16.5. The van der Waals surface area contributed by atoms with E-state index in [4.69, 9.17) is 9.84 Å². The monoisotopic (exact) mass is 239 g/mol. The van der Waals surface area contributed by atoms with Gasteiger partial charge in [0.25, 0.3) is 0 Å². The molecule has 2 N–H and O–H groups in total. The normalized spacial score (nSPS) is 9.76. The summed E-state index contributed by atoms with van der Waals surface area (Å²) in [6, 6.07) is 5.79. The molecule has 0 saturated heterocycles. The number of esters is 1. The van der Waals surface area contributed by atoms with Gasteiger partial charge >= 0.3 is 11.9 Å². The lowest BCUT2D eigenvalue weighted by atomic mass is 10.2. The van der Waals surface area contributed by atoms with Gasteiger partial charge in [0.2, 0.25) is 0 Å². The van der Waals surface area contributed by atoms with Gasteiger partial charge in [-0.1, -0.05) is 0 Å². The number of hydrogen-bond donors (Lipinski definition) is 2. The summed E-state index contributed by atoms with van der Waals surface area (Å²) < 4.78 is 4.78. The van der Waals surface area contributed by atoms with Crippen LogP contribution in [0.3, 0.4) is 0 Å². The fraction of sp³-hybridized carbons (Fsp3) is 0.273. The fourth-order valence-electron chi connectivity index (χ4n) is 1.20. The molecule has 6 nitrogen and oxygen atoms in total. The Hall–Kier alpha value is -2.08. The first kappa shape index (κ1) is 13.0. The lowest BCUT2D eigenvalue weighted by Crippen LogP contribution is -2.25. The second-order valence-electron chi connectivity index (χ2n) is 3.22. The topological polar surface area (TPSA) is 87.1 Å². The molecule has 0 aliphatic carbocycles. The Balaban J connectivity index is 2.73. The van der Waals surface area contributed by atoms with E-state index in [0.29, 0.717) is 16.3 Å². The van der Waals surface area contributed by atoms with Crippen molar-refractivity contribution in [2.24, 2.45) is 0 Å². The summed E-state index contributed by atoms with van der Waals surface area (Å²) >= 11 is 0. The van der Waals surface area contributed by atoms with Crippen LogP contribution in [0.15, 0.2) is 24.3 Å². The molecule has 0 spiro atoms. The standard InChI is InChI=1S/C11H13NO5/c1-2-17-11(15)8-3-5-9(6-4-8)12(16)7-10(13)14/h3-6,16H,2,7H2,1H3,(H,13,14). The molecule has 0 aromatic heterocycles. The minimum Gasteiger partial charge on any atom is -0.480 e. The molecule has 6 heteroatoms. The maximum absolute atomic E-state index is 11.3. The number of ether oxygens (including phenoxy) is 1. The van der Waals surface area contributed by atoms with Crippen molar-refractivity contribution < 1.29 is 24.6 Å². The van der Waals surface area contributed by atoms with Crippen molar-refractivity contribution in [2.45, 2.75) is 6.92 Å². The third kappa shape index (κ3) is 3.76. The third-order valence-electron chi connectivity index (χ3n) is 1.96.